The lowest BCUT2D eigenvalue weighted by molar-refractivity contribution is -0.113. The Balaban J connectivity index is 1.59. The molecule has 11 heteroatoms. The number of nitrogens with one attached hydrogen (secondary N) is 1. The molecule has 0 spiro atoms. The molecule has 1 N–H and O–H groups in total. The van der Waals surface area contributed by atoms with E-state index in [1.807, 2.05) is 31.2 Å². The maximum absolute atomic E-state index is 13.8. The predicted molar refractivity (Wildman–Crippen MR) is 152 cm³/mol. The van der Waals surface area contributed by atoms with Gasteiger partial charge in [-0.25, -0.2) is 9.37 Å². The van der Waals surface area contributed by atoms with Crippen molar-refractivity contribution in [2.75, 3.05) is 18.2 Å². The number of benzene rings is 3. The van der Waals surface area contributed by atoms with Crippen molar-refractivity contribution >= 4 is 57.3 Å². The first kappa shape index (κ1) is 25.8. The summed E-state index contributed by atoms with van der Waals surface area (Å²) in [6, 6.07) is 20.3. The van der Waals surface area contributed by atoms with E-state index < -0.39 is 5.82 Å². The Morgan fingerprint density at radius 1 is 1.11 bits per heavy atom. The predicted octanol–water partition coefficient (Wildman–Crippen LogP) is 6.15. The molecule has 0 aliphatic carbocycles. The summed E-state index contributed by atoms with van der Waals surface area (Å²) in [6.45, 7) is 1.96. The van der Waals surface area contributed by atoms with Crippen LogP contribution < -0.4 is 15.6 Å². The minimum absolute atomic E-state index is 0.0222. The molecule has 0 unspecified atom stereocenters. The molecule has 0 saturated heterocycles. The van der Waals surface area contributed by atoms with Crippen LogP contribution in [0.3, 0.4) is 0 Å². The highest BCUT2D eigenvalue weighted by molar-refractivity contribution is 7.99. The lowest BCUT2D eigenvalue weighted by Gasteiger charge is -2.14. The van der Waals surface area contributed by atoms with E-state index in [2.05, 4.69) is 5.32 Å². The topological polar surface area (TPSA) is 78.2 Å². The van der Waals surface area contributed by atoms with Crippen LogP contribution in [0.25, 0.3) is 21.7 Å². The summed E-state index contributed by atoms with van der Waals surface area (Å²) < 4.78 is 22.9. The largest absolute Gasteiger partial charge is 0.497 e. The molecule has 2 aromatic heterocycles. The third-order valence-corrected chi connectivity index (χ3v) is 7.99. The number of nitrogens with zero attached hydrogens (tertiary/aromatic N) is 3. The summed E-state index contributed by atoms with van der Waals surface area (Å²) in [6.07, 6.45) is 0. The highest BCUT2D eigenvalue weighted by Crippen LogP contribution is 2.29. The van der Waals surface area contributed by atoms with Crippen molar-refractivity contribution in [1.82, 2.24) is 14.1 Å². The van der Waals surface area contributed by atoms with Crippen molar-refractivity contribution < 1.29 is 13.9 Å². The van der Waals surface area contributed by atoms with Gasteiger partial charge in [0.1, 0.15) is 16.3 Å². The molecule has 192 valence electrons. The maximum Gasteiger partial charge on any atom is 0.278 e. The first-order valence-corrected chi connectivity index (χ1v) is 13.6. The molecule has 2 heterocycles. The molecule has 5 rings (SSSR count). The Labute approximate surface area is 230 Å². The minimum atomic E-state index is -0.427. The molecule has 38 heavy (non-hydrogen) atoms. The first-order valence-electron chi connectivity index (χ1n) is 11.4. The van der Waals surface area contributed by atoms with Gasteiger partial charge in [0.25, 0.3) is 5.56 Å². The number of fused-ring (bicyclic) bond motifs is 1. The number of rotatable bonds is 7. The van der Waals surface area contributed by atoms with E-state index in [9.17, 15) is 14.0 Å². The van der Waals surface area contributed by atoms with Crippen molar-refractivity contribution in [1.29, 1.82) is 0 Å². The number of thiazole rings is 1. The smallest absolute Gasteiger partial charge is 0.278 e. The summed E-state index contributed by atoms with van der Waals surface area (Å²) in [5.41, 5.74) is 2.87. The van der Waals surface area contributed by atoms with Crippen molar-refractivity contribution in [3.8, 4) is 17.1 Å². The van der Waals surface area contributed by atoms with Crippen LogP contribution >= 0.6 is 35.3 Å². The van der Waals surface area contributed by atoms with Crippen molar-refractivity contribution in [2.45, 2.75) is 12.1 Å². The number of halogens is 1. The molecule has 0 bridgehead atoms. The molecule has 0 aliphatic heterocycles. The number of amides is 1. The van der Waals surface area contributed by atoms with Crippen LogP contribution in [0.5, 0.6) is 5.75 Å². The number of hydrogen-bond acceptors (Lipinski definition) is 7. The van der Waals surface area contributed by atoms with Crippen LogP contribution in [0.4, 0.5) is 10.1 Å². The molecule has 0 radical (unpaired) electrons. The highest BCUT2D eigenvalue weighted by atomic mass is 32.2. The van der Waals surface area contributed by atoms with Gasteiger partial charge in [-0.1, -0.05) is 47.4 Å². The van der Waals surface area contributed by atoms with Crippen LogP contribution in [0, 0.1) is 16.7 Å². The van der Waals surface area contributed by atoms with Gasteiger partial charge in [0, 0.05) is 11.8 Å². The first-order chi connectivity index (χ1) is 18.4. The van der Waals surface area contributed by atoms with Gasteiger partial charge in [-0.15, -0.1) is 0 Å². The third kappa shape index (κ3) is 5.13. The highest BCUT2D eigenvalue weighted by Gasteiger charge is 2.20. The number of hydrogen-bond donors (Lipinski definition) is 1. The molecule has 5 aromatic rings. The molecule has 0 atom stereocenters. The maximum atomic E-state index is 13.8. The Morgan fingerprint density at radius 3 is 2.61 bits per heavy atom. The number of anilines is 1. The monoisotopic (exact) mass is 564 g/mol. The number of carbonyl (C=O) groups excluding carboxylic acids is 1. The number of aryl methyl sites for hydroxylation is 1. The van der Waals surface area contributed by atoms with E-state index in [1.54, 1.807) is 35.9 Å². The molecule has 0 saturated carbocycles. The number of para-hydroxylation sites is 1. The fourth-order valence-corrected chi connectivity index (χ4v) is 6.00. The zero-order chi connectivity index (χ0) is 26.8. The van der Waals surface area contributed by atoms with Crippen molar-refractivity contribution in [3.05, 3.63) is 98.5 Å². The van der Waals surface area contributed by atoms with E-state index >= 15 is 0 Å². The van der Waals surface area contributed by atoms with Crippen LogP contribution in [-0.4, -0.2) is 32.9 Å². The fourth-order valence-electron chi connectivity index (χ4n) is 3.91. The van der Waals surface area contributed by atoms with Gasteiger partial charge in [0.05, 0.1) is 24.2 Å². The molecule has 3 aromatic carbocycles. The molecular weight excluding hydrogens is 544 g/mol. The number of methoxy groups -OCH3 is 1. The van der Waals surface area contributed by atoms with Crippen LogP contribution in [0.15, 0.2) is 82.7 Å². The van der Waals surface area contributed by atoms with Crippen molar-refractivity contribution in [3.63, 3.8) is 0 Å². The van der Waals surface area contributed by atoms with Crippen molar-refractivity contribution in [2.24, 2.45) is 0 Å². The molecule has 7 nitrogen and oxygen atoms in total. The molecule has 0 fully saturated rings. The Hall–Kier alpha value is -3.80. The van der Waals surface area contributed by atoms with Crippen LogP contribution in [-0.2, 0) is 4.79 Å². The number of thioether (sulfide) groups is 1. The van der Waals surface area contributed by atoms with E-state index in [0.717, 1.165) is 23.0 Å². The zero-order valence-electron chi connectivity index (χ0n) is 20.3. The Bertz CT molecular complexity index is 1780. The lowest BCUT2D eigenvalue weighted by Crippen LogP contribution is -2.23. The second kappa shape index (κ2) is 10.9. The average molecular weight is 565 g/mol. The number of carbonyl (C=O) groups is 1. The Morgan fingerprint density at radius 2 is 1.87 bits per heavy atom. The summed E-state index contributed by atoms with van der Waals surface area (Å²) in [4.78, 5) is 31.4. The fraction of sp³-hybridized carbons (Fsp3) is 0.111. The molecular formula is C27H21FN4O3S3. The van der Waals surface area contributed by atoms with Gasteiger partial charge >= 0.3 is 0 Å². The van der Waals surface area contributed by atoms with Gasteiger partial charge in [0.15, 0.2) is 14.8 Å². The SMILES string of the molecule is COc1cccc(NC(=O)CSc2nc3c(sc(=S)n3-c3ccccc3C)c(=O)n2-c2ccc(F)cc2)c1. The Kier molecular flexibility index (Phi) is 7.41. The molecule has 0 aliphatic rings. The third-order valence-electron chi connectivity index (χ3n) is 5.70. The normalized spacial score (nSPS) is 11.0. The molecule has 1 amide bonds. The van der Waals surface area contributed by atoms with E-state index in [1.165, 1.54) is 40.2 Å². The summed E-state index contributed by atoms with van der Waals surface area (Å²) in [5.74, 6) is -0.120. The number of aromatic nitrogens is 3. The van der Waals surface area contributed by atoms with Gasteiger partial charge in [-0.3, -0.25) is 18.7 Å². The second-order valence-electron chi connectivity index (χ2n) is 8.22. The quantitative estimate of drug-likeness (QED) is 0.145. The average Bonchev–Trinajstić information content (AvgIpc) is 3.24. The zero-order valence-corrected chi connectivity index (χ0v) is 22.8. The summed E-state index contributed by atoms with van der Waals surface area (Å²) >= 11 is 7.91. The summed E-state index contributed by atoms with van der Waals surface area (Å²) in [5, 5.41) is 3.11. The standard InChI is InChI=1S/C27H21FN4O3S3/c1-16-6-3-4-9-21(16)32-24-23(38-27(32)36)25(34)31(19-12-10-17(28)11-13-19)26(30-24)37-15-22(33)29-18-7-5-8-20(14-18)35-2/h3-14H,15H2,1-2H3,(H,29,33). The van der Waals surface area contributed by atoms with Gasteiger partial charge in [0.2, 0.25) is 5.91 Å². The second-order valence-corrected chi connectivity index (χ2v) is 10.8. The number of ether oxygens (including phenoxy) is 1. The summed E-state index contributed by atoms with van der Waals surface area (Å²) in [7, 11) is 1.55. The van der Waals surface area contributed by atoms with E-state index in [0.29, 0.717) is 31.4 Å². The lowest BCUT2D eigenvalue weighted by atomic mass is 10.2. The van der Waals surface area contributed by atoms with Gasteiger partial charge < -0.3 is 10.1 Å². The minimum Gasteiger partial charge on any atom is -0.497 e. The van der Waals surface area contributed by atoms with Crippen LogP contribution in [0.1, 0.15) is 5.56 Å². The van der Waals surface area contributed by atoms with E-state index in [-0.39, 0.29) is 22.4 Å². The van der Waals surface area contributed by atoms with E-state index in [4.69, 9.17) is 21.9 Å². The van der Waals surface area contributed by atoms with Gasteiger partial charge in [-0.05, 0) is 67.2 Å². The van der Waals surface area contributed by atoms with Crippen LogP contribution in [0.2, 0.25) is 0 Å². The van der Waals surface area contributed by atoms with Gasteiger partial charge in [-0.2, -0.15) is 0 Å².